The van der Waals surface area contributed by atoms with Gasteiger partial charge in [0, 0.05) is 5.92 Å². The lowest BCUT2D eigenvalue weighted by Crippen LogP contribution is -2.33. The number of ketones is 1. The molecule has 0 aliphatic heterocycles. The second-order valence-corrected chi connectivity index (χ2v) is 3.28. The van der Waals surface area contributed by atoms with E-state index in [1.807, 2.05) is 6.92 Å². The van der Waals surface area contributed by atoms with Crippen LogP contribution < -0.4 is 5.73 Å². The fraction of sp³-hybridized carbons (Fsp3) is 0.778. The molecule has 0 radical (unpaired) electrons. The molecule has 0 bridgehead atoms. The van der Waals surface area contributed by atoms with Crippen molar-refractivity contribution in [3.63, 3.8) is 0 Å². The molecule has 0 aromatic heterocycles. The number of hydrogen-bond donors (Lipinski definition) is 2. The molecule has 0 aromatic rings. The molecule has 0 heterocycles. The number of carboxylic acid groups (broad SMARTS) is 1. The van der Waals surface area contributed by atoms with E-state index in [4.69, 9.17) is 10.8 Å². The monoisotopic (exact) mass is 187 g/mol. The maximum absolute atomic E-state index is 11.0. The molecular weight excluding hydrogens is 170 g/mol. The van der Waals surface area contributed by atoms with Gasteiger partial charge in [0.2, 0.25) is 0 Å². The van der Waals surface area contributed by atoms with Crippen LogP contribution in [-0.4, -0.2) is 22.9 Å². The molecule has 1 unspecified atom stereocenters. The van der Waals surface area contributed by atoms with E-state index in [2.05, 4.69) is 0 Å². The maximum atomic E-state index is 11.0. The van der Waals surface area contributed by atoms with Gasteiger partial charge in [-0.1, -0.05) is 13.3 Å². The van der Waals surface area contributed by atoms with Gasteiger partial charge in [-0.15, -0.1) is 0 Å². The summed E-state index contributed by atoms with van der Waals surface area (Å²) < 4.78 is 0. The summed E-state index contributed by atoms with van der Waals surface area (Å²) in [6.45, 7) is 3.44. The van der Waals surface area contributed by atoms with Gasteiger partial charge in [-0.25, -0.2) is 0 Å². The van der Waals surface area contributed by atoms with E-state index in [1.165, 1.54) is 6.92 Å². The van der Waals surface area contributed by atoms with Crippen molar-refractivity contribution in [1.82, 2.24) is 0 Å². The van der Waals surface area contributed by atoms with Crippen molar-refractivity contribution in [1.29, 1.82) is 0 Å². The van der Waals surface area contributed by atoms with Crippen molar-refractivity contribution in [2.24, 2.45) is 11.7 Å². The van der Waals surface area contributed by atoms with Crippen LogP contribution in [0.3, 0.4) is 0 Å². The van der Waals surface area contributed by atoms with E-state index in [1.54, 1.807) is 0 Å². The molecule has 0 saturated heterocycles. The molecule has 3 N–H and O–H groups in total. The Bertz CT molecular complexity index is 191. The number of carbonyl (C=O) groups excluding carboxylic acids is 1. The first-order valence-electron chi connectivity index (χ1n) is 4.47. The van der Waals surface area contributed by atoms with Crippen molar-refractivity contribution in [2.75, 3.05) is 0 Å². The minimum atomic E-state index is -1.04. The SMILES string of the molecule is CCCC(C[C@H](N)C(=O)O)C(C)=O. The number of rotatable bonds is 6. The molecule has 0 saturated carbocycles. The summed E-state index contributed by atoms with van der Waals surface area (Å²) in [5.41, 5.74) is 5.33. The molecule has 2 atom stereocenters. The Morgan fingerprint density at radius 3 is 2.31 bits per heavy atom. The largest absolute Gasteiger partial charge is 0.480 e. The third-order valence-electron chi connectivity index (χ3n) is 2.07. The zero-order chi connectivity index (χ0) is 10.4. The first-order chi connectivity index (χ1) is 5.99. The zero-order valence-corrected chi connectivity index (χ0v) is 8.12. The highest BCUT2D eigenvalue weighted by molar-refractivity contribution is 5.80. The molecule has 0 amide bonds. The molecule has 0 fully saturated rings. The minimum Gasteiger partial charge on any atom is -0.480 e. The second-order valence-electron chi connectivity index (χ2n) is 3.28. The highest BCUT2D eigenvalue weighted by atomic mass is 16.4. The topological polar surface area (TPSA) is 80.4 Å². The standard InChI is InChI=1S/C9H17NO3/c1-3-4-7(6(2)11)5-8(10)9(12)13/h7-8H,3-5,10H2,1-2H3,(H,12,13)/t7?,8-/m0/s1. The number of Topliss-reactive ketones (excluding diaryl/α,β-unsaturated/α-hetero) is 1. The van der Waals surface area contributed by atoms with Gasteiger partial charge in [0.25, 0.3) is 0 Å². The van der Waals surface area contributed by atoms with Crippen LogP contribution in [-0.2, 0) is 9.59 Å². The molecule has 13 heavy (non-hydrogen) atoms. The van der Waals surface area contributed by atoms with Crippen LogP contribution in [0.15, 0.2) is 0 Å². The van der Waals surface area contributed by atoms with Gasteiger partial charge in [0.1, 0.15) is 11.8 Å². The fourth-order valence-corrected chi connectivity index (χ4v) is 1.24. The minimum absolute atomic E-state index is 0.0264. The van der Waals surface area contributed by atoms with Gasteiger partial charge in [0.15, 0.2) is 0 Å². The van der Waals surface area contributed by atoms with Crippen molar-refractivity contribution >= 4 is 11.8 Å². The number of carboxylic acids is 1. The summed E-state index contributed by atoms with van der Waals surface area (Å²) >= 11 is 0. The van der Waals surface area contributed by atoms with E-state index in [9.17, 15) is 9.59 Å². The highest BCUT2D eigenvalue weighted by Crippen LogP contribution is 2.13. The van der Waals surface area contributed by atoms with Gasteiger partial charge in [0.05, 0.1) is 0 Å². The third-order valence-corrected chi connectivity index (χ3v) is 2.07. The molecule has 76 valence electrons. The van der Waals surface area contributed by atoms with Crippen molar-refractivity contribution in [3.8, 4) is 0 Å². The van der Waals surface area contributed by atoms with Crippen molar-refractivity contribution in [3.05, 3.63) is 0 Å². The Morgan fingerprint density at radius 2 is 2.00 bits per heavy atom. The fourth-order valence-electron chi connectivity index (χ4n) is 1.24. The first kappa shape index (κ1) is 12.1. The molecule has 0 aliphatic carbocycles. The maximum Gasteiger partial charge on any atom is 0.320 e. The van der Waals surface area contributed by atoms with Crippen LogP contribution in [0.4, 0.5) is 0 Å². The predicted octanol–water partition coefficient (Wildman–Crippen LogP) is 0.794. The summed E-state index contributed by atoms with van der Waals surface area (Å²) in [7, 11) is 0. The number of carbonyl (C=O) groups is 2. The van der Waals surface area contributed by atoms with Gasteiger partial charge in [-0.2, -0.15) is 0 Å². The normalized spacial score (nSPS) is 15.0. The summed E-state index contributed by atoms with van der Waals surface area (Å²) in [4.78, 5) is 21.5. The van der Waals surface area contributed by atoms with E-state index in [0.29, 0.717) is 0 Å². The van der Waals surface area contributed by atoms with Crippen LogP contribution in [0.2, 0.25) is 0 Å². The second kappa shape index (κ2) is 5.70. The smallest absolute Gasteiger partial charge is 0.320 e. The van der Waals surface area contributed by atoms with E-state index < -0.39 is 12.0 Å². The molecule has 0 aliphatic rings. The lowest BCUT2D eigenvalue weighted by atomic mass is 9.92. The van der Waals surface area contributed by atoms with Crippen molar-refractivity contribution in [2.45, 2.75) is 39.2 Å². The highest BCUT2D eigenvalue weighted by Gasteiger charge is 2.20. The van der Waals surface area contributed by atoms with Gasteiger partial charge >= 0.3 is 5.97 Å². The van der Waals surface area contributed by atoms with Gasteiger partial charge < -0.3 is 10.8 Å². The molecule has 4 nitrogen and oxygen atoms in total. The van der Waals surface area contributed by atoms with Gasteiger partial charge in [-0.05, 0) is 19.8 Å². The Hall–Kier alpha value is -0.900. The quantitative estimate of drug-likeness (QED) is 0.644. The van der Waals surface area contributed by atoms with E-state index >= 15 is 0 Å². The Morgan fingerprint density at radius 1 is 1.46 bits per heavy atom. The average molecular weight is 187 g/mol. The lowest BCUT2D eigenvalue weighted by molar-refractivity contribution is -0.139. The lowest BCUT2D eigenvalue weighted by Gasteiger charge is -2.14. The van der Waals surface area contributed by atoms with Gasteiger partial charge in [-0.3, -0.25) is 9.59 Å². The summed E-state index contributed by atoms with van der Waals surface area (Å²) in [5, 5.41) is 8.54. The predicted molar refractivity (Wildman–Crippen MR) is 49.3 cm³/mol. The Labute approximate surface area is 78.1 Å². The zero-order valence-electron chi connectivity index (χ0n) is 8.12. The van der Waals surface area contributed by atoms with Crippen LogP contribution in [0.25, 0.3) is 0 Å². The molecule has 0 aromatic carbocycles. The molecule has 0 rings (SSSR count). The van der Waals surface area contributed by atoms with Crippen LogP contribution in [0.5, 0.6) is 0 Å². The number of aliphatic carboxylic acids is 1. The Kier molecular flexibility index (Phi) is 5.30. The molecule has 4 heteroatoms. The number of hydrogen-bond acceptors (Lipinski definition) is 3. The average Bonchev–Trinajstić information content (AvgIpc) is 2.03. The number of nitrogens with two attached hydrogens (primary N) is 1. The molecule has 0 spiro atoms. The van der Waals surface area contributed by atoms with E-state index in [0.717, 1.165) is 12.8 Å². The van der Waals surface area contributed by atoms with E-state index in [-0.39, 0.29) is 18.1 Å². The summed E-state index contributed by atoms with van der Waals surface area (Å²) in [5.74, 6) is -1.21. The Balaban J connectivity index is 4.09. The van der Waals surface area contributed by atoms with Crippen LogP contribution in [0, 0.1) is 5.92 Å². The summed E-state index contributed by atoms with van der Waals surface area (Å²) in [6, 6.07) is -0.916. The van der Waals surface area contributed by atoms with Crippen LogP contribution >= 0.6 is 0 Å². The summed E-state index contributed by atoms with van der Waals surface area (Å²) in [6.07, 6.45) is 1.84. The molecular formula is C9H17NO3. The van der Waals surface area contributed by atoms with Crippen molar-refractivity contribution < 1.29 is 14.7 Å². The van der Waals surface area contributed by atoms with Crippen LogP contribution in [0.1, 0.15) is 33.1 Å². The third kappa shape index (κ3) is 4.62. The first-order valence-corrected chi connectivity index (χ1v) is 4.47.